The van der Waals surface area contributed by atoms with E-state index >= 15 is 0 Å². The van der Waals surface area contributed by atoms with E-state index in [9.17, 15) is 14.4 Å². The number of rotatable bonds is 11. The van der Waals surface area contributed by atoms with Crippen molar-refractivity contribution in [1.29, 1.82) is 0 Å². The Balaban J connectivity index is 1.47. The van der Waals surface area contributed by atoms with Crippen molar-refractivity contribution in [3.8, 4) is 0 Å². The monoisotopic (exact) mass is 540 g/mol. The Bertz CT molecular complexity index is 1260. The Labute approximate surface area is 226 Å². The number of amides is 3. The first-order valence-corrected chi connectivity index (χ1v) is 13.2. The number of nitrogens with zero attached hydrogens (tertiary/aromatic N) is 3. The van der Waals surface area contributed by atoms with E-state index in [0.717, 1.165) is 5.56 Å². The van der Waals surface area contributed by atoms with Gasteiger partial charge in [-0.2, -0.15) is 0 Å². The second-order valence-corrected chi connectivity index (χ2v) is 10.3. The average molecular weight is 541 g/mol. The maximum absolute atomic E-state index is 13.5. The SMILES string of the molecule is CC(C)C[C@@H](NC(=O)OCc1ccccc1)C(=O)N[C@H](CC1CCNC1=O)Cn1ccc2c(Cl)ncnc21. The van der Waals surface area contributed by atoms with Crippen molar-refractivity contribution in [2.24, 2.45) is 11.8 Å². The molecule has 10 nitrogen and oxygen atoms in total. The molecule has 0 aliphatic carbocycles. The summed E-state index contributed by atoms with van der Waals surface area (Å²) in [6, 6.07) is 9.97. The van der Waals surface area contributed by atoms with Crippen molar-refractivity contribution in [2.75, 3.05) is 6.54 Å². The van der Waals surface area contributed by atoms with Crippen molar-refractivity contribution in [1.82, 2.24) is 30.5 Å². The molecule has 3 atom stereocenters. The largest absolute Gasteiger partial charge is 0.445 e. The topological polar surface area (TPSA) is 127 Å². The van der Waals surface area contributed by atoms with Crippen molar-refractivity contribution >= 4 is 40.5 Å². The Morgan fingerprint density at radius 2 is 1.97 bits per heavy atom. The van der Waals surface area contributed by atoms with E-state index in [1.54, 1.807) is 0 Å². The number of halogens is 1. The molecular weight excluding hydrogens is 508 g/mol. The van der Waals surface area contributed by atoms with E-state index in [-0.39, 0.29) is 30.3 Å². The van der Waals surface area contributed by atoms with Gasteiger partial charge in [-0.1, -0.05) is 55.8 Å². The summed E-state index contributed by atoms with van der Waals surface area (Å²) < 4.78 is 7.24. The fraction of sp³-hybridized carbons (Fsp3) is 0.444. The zero-order valence-electron chi connectivity index (χ0n) is 21.5. The summed E-state index contributed by atoms with van der Waals surface area (Å²) in [5.74, 6) is -0.421. The molecule has 2 aromatic heterocycles. The van der Waals surface area contributed by atoms with Gasteiger partial charge < -0.3 is 25.3 Å². The van der Waals surface area contributed by atoms with Crippen LogP contribution in [-0.4, -0.2) is 51.1 Å². The number of carbonyl (C=O) groups excluding carboxylic acids is 3. The summed E-state index contributed by atoms with van der Waals surface area (Å²) in [6.45, 7) is 5.05. The molecule has 3 amide bonds. The third-order valence-electron chi connectivity index (χ3n) is 6.53. The first-order chi connectivity index (χ1) is 18.3. The summed E-state index contributed by atoms with van der Waals surface area (Å²) >= 11 is 6.21. The van der Waals surface area contributed by atoms with Crippen LogP contribution >= 0.6 is 11.6 Å². The molecule has 4 rings (SSSR count). The van der Waals surface area contributed by atoms with Gasteiger partial charge in [-0.3, -0.25) is 9.59 Å². The lowest BCUT2D eigenvalue weighted by molar-refractivity contribution is -0.126. The van der Waals surface area contributed by atoms with Crippen LogP contribution in [0.1, 0.15) is 38.7 Å². The number of alkyl carbamates (subject to hydrolysis) is 1. The zero-order chi connectivity index (χ0) is 27.1. The van der Waals surface area contributed by atoms with Crippen LogP contribution in [-0.2, 0) is 27.5 Å². The summed E-state index contributed by atoms with van der Waals surface area (Å²) in [6.07, 6.45) is 4.14. The third kappa shape index (κ3) is 7.22. The van der Waals surface area contributed by atoms with Crippen LogP contribution in [0.25, 0.3) is 11.0 Å². The number of fused-ring (bicyclic) bond motifs is 1. The summed E-state index contributed by atoms with van der Waals surface area (Å²) in [5.41, 5.74) is 1.49. The molecule has 1 unspecified atom stereocenters. The standard InChI is InChI=1S/C27H33ClN6O4/c1-17(2)12-22(33-27(37)38-15-18-6-4-3-5-7-18)26(36)32-20(13-19-8-10-29-25(19)35)14-34-11-9-21-23(28)30-16-31-24(21)34/h3-7,9,11,16-17,19-20,22H,8,10,12-15H2,1-2H3,(H,29,35)(H,32,36)(H,33,37)/t19?,20-,22-/m1/s1. The second kappa shape index (κ2) is 12.7. The maximum Gasteiger partial charge on any atom is 0.408 e. The van der Waals surface area contributed by atoms with Gasteiger partial charge in [0, 0.05) is 31.2 Å². The lowest BCUT2D eigenvalue weighted by Crippen LogP contribution is -2.51. The predicted molar refractivity (Wildman–Crippen MR) is 143 cm³/mol. The van der Waals surface area contributed by atoms with Crippen molar-refractivity contribution in [2.45, 2.75) is 58.3 Å². The molecule has 3 aromatic rings. The molecule has 0 spiro atoms. The van der Waals surface area contributed by atoms with Gasteiger partial charge in [0.05, 0.1) is 5.39 Å². The Morgan fingerprint density at radius 3 is 2.68 bits per heavy atom. The molecule has 3 N–H and O–H groups in total. The number of ether oxygens (including phenoxy) is 1. The minimum absolute atomic E-state index is 0.0201. The predicted octanol–water partition coefficient (Wildman–Crippen LogP) is 3.44. The quantitative estimate of drug-likeness (QED) is 0.320. The normalized spacial score (nSPS) is 16.7. The molecule has 0 radical (unpaired) electrons. The van der Waals surface area contributed by atoms with Gasteiger partial charge in [0.1, 0.15) is 29.8 Å². The summed E-state index contributed by atoms with van der Waals surface area (Å²) in [7, 11) is 0. The van der Waals surface area contributed by atoms with Gasteiger partial charge in [0.25, 0.3) is 0 Å². The minimum Gasteiger partial charge on any atom is -0.445 e. The van der Waals surface area contributed by atoms with Crippen molar-refractivity contribution < 1.29 is 19.1 Å². The van der Waals surface area contributed by atoms with Crippen LogP contribution in [0, 0.1) is 11.8 Å². The smallest absolute Gasteiger partial charge is 0.408 e. The fourth-order valence-corrected chi connectivity index (χ4v) is 4.85. The summed E-state index contributed by atoms with van der Waals surface area (Å²) in [4.78, 5) is 46.7. The minimum atomic E-state index is -0.795. The second-order valence-electron chi connectivity index (χ2n) is 9.98. The van der Waals surface area contributed by atoms with E-state index in [1.165, 1.54) is 6.33 Å². The highest BCUT2D eigenvalue weighted by Crippen LogP contribution is 2.22. The van der Waals surface area contributed by atoms with Crippen LogP contribution < -0.4 is 16.0 Å². The number of nitrogens with one attached hydrogen (secondary N) is 3. The molecule has 1 fully saturated rings. The number of hydrogen-bond acceptors (Lipinski definition) is 6. The van der Waals surface area contributed by atoms with Gasteiger partial charge in [-0.05, 0) is 36.8 Å². The van der Waals surface area contributed by atoms with Gasteiger partial charge in [-0.15, -0.1) is 0 Å². The molecule has 202 valence electrons. The maximum atomic E-state index is 13.5. The average Bonchev–Trinajstić information content (AvgIpc) is 3.49. The molecule has 11 heteroatoms. The van der Waals surface area contributed by atoms with E-state index in [1.807, 2.05) is 61.0 Å². The zero-order valence-corrected chi connectivity index (χ0v) is 22.3. The number of carbonyl (C=O) groups is 3. The summed E-state index contributed by atoms with van der Waals surface area (Å²) in [5, 5.41) is 9.72. The van der Waals surface area contributed by atoms with Crippen LogP contribution in [0.3, 0.4) is 0 Å². The van der Waals surface area contributed by atoms with E-state index in [4.69, 9.17) is 16.3 Å². The van der Waals surface area contributed by atoms with Gasteiger partial charge >= 0.3 is 6.09 Å². The number of benzene rings is 1. The van der Waals surface area contributed by atoms with Crippen LogP contribution in [0.2, 0.25) is 5.15 Å². The molecule has 1 saturated heterocycles. The molecule has 0 bridgehead atoms. The number of hydrogen-bond donors (Lipinski definition) is 3. The van der Waals surface area contributed by atoms with Gasteiger partial charge in [0.2, 0.25) is 11.8 Å². The van der Waals surface area contributed by atoms with Crippen molar-refractivity contribution in [3.63, 3.8) is 0 Å². The lowest BCUT2D eigenvalue weighted by Gasteiger charge is -2.26. The Kier molecular flexibility index (Phi) is 9.17. The highest BCUT2D eigenvalue weighted by molar-refractivity contribution is 6.33. The molecule has 3 heterocycles. The highest BCUT2D eigenvalue weighted by Gasteiger charge is 2.31. The Hall–Kier alpha value is -3.66. The Morgan fingerprint density at radius 1 is 1.18 bits per heavy atom. The molecule has 0 saturated carbocycles. The third-order valence-corrected chi connectivity index (χ3v) is 6.83. The highest BCUT2D eigenvalue weighted by atomic mass is 35.5. The van der Waals surface area contributed by atoms with Crippen molar-refractivity contribution in [3.05, 3.63) is 59.6 Å². The number of aromatic nitrogens is 3. The fourth-order valence-electron chi connectivity index (χ4n) is 4.66. The molecule has 38 heavy (non-hydrogen) atoms. The van der Waals surface area contributed by atoms with Gasteiger partial charge in [0.15, 0.2) is 0 Å². The molecule has 1 aliphatic rings. The van der Waals surface area contributed by atoms with Crippen LogP contribution in [0.4, 0.5) is 4.79 Å². The van der Waals surface area contributed by atoms with E-state index in [2.05, 4.69) is 25.9 Å². The molecule has 1 aliphatic heterocycles. The lowest BCUT2D eigenvalue weighted by atomic mass is 9.97. The molecule has 1 aromatic carbocycles. The molecular formula is C27H33ClN6O4. The van der Waals surface area contributed by atoms with E-state index in [0.29, 0.717) is 48.5 Å². The van der Waals surface area contributed by atoms with Crippen LogP contribution in [0.5, 0.6) is 0 Å². The first kappa shape index (κ1) is 27.4. The van der Waals surface area contributed by atoms with Crippen LogP contribution in [0.15, 0.2) is 48.9 Å². The van der Waals surface area contributed by atoms with Gasteiger partial charge in [-0.25, -0.2) is 14.8 Å². The van der Waals surface area contributed by atoms with E-state index < -0.39 is 18.2 Å². The first-order valence-electron chi connectivity index (χ1n) is 12.8.